The first-order valence-corrected chi connectivity index (χ1v) is 11.1. The van der Waals surface area contributed by atoms with Gasteiger partial charge in [0, 0.05) is 25.0 Å². The Labute approximate surface area is 193 Å². The number of nitrogens with one attached hydrogen (secondary N) is 1. The number of hydrogen-bond acceptors (Lipinski definition) is 7. The Bertz CT molecular complexity index is 1050. The highest BCUT2D eigenvalue weighted by atomic mass is 32.1. The normalized spacial score (nSPS) is 19.3. The van der Waals surface area contributed by atoms with Gasteiger partial charge in [-0.05, 0) is 34.9 Å². The number of amides is 2. The van der Waals surface area contributed by atoms with E-state index in [1.165, 1.54) is 17.3 Å². The summed E-state index contributed by atoms with van der Waals surface area (Å²) in [5, 5.41) is 3.76. The molecule has 8 nitrogen and oxygen atoms in total. The summed E-state index contributed by atoms with van der Waals surface area (Å²) in [4.78, 5) is 32.2. The standard InChI is InChI=1S/C21H27F3N4O4S/c1-20(2,3)32-19(30)28-8-13(27(5)6)14(9-28)31-15-7-12(21(22,23)24)17-16(26-15)11(10-33-17)18(29)25-4/h7,10,13-14H,8-9H2,1-6H3,(H,25,29)/t13-,14-/m1/s1. The minimum Gasteiger partial charge on any atom is -0.471 e. The van der Waals surface area contributed by atoms with Gasteiger partial charge in [-0.1, -0.05) is 0 Å². The Hall–Kier alpha value is -2.60. The van der Waals surface area contributed by atoms with E-state index in [0.29, 0.717) is 0 Å². The average molecular weight is 489 g/mol. The number of pyridine rings is 1. The fraction of sp³-hybridized carbons (Fsp3) is 0.571. The summed E-state index contributed by atoms with van der Waals surface area (Å²) < 4.78 is 52.5. The molecule has 0 spiro atoms. The summed E-state index contributed by atoms with van der Waals surface area (Å²) in [6.07, 6.45) is -5.84. The van der Waals surface area contributed by atoms with Crippen LogP contribution in [-0.4, -0.2) is 78.8 Å². The van der Waals surface area contributed by atoms with Gasteiger partial charge in [0.05, 0.1) is 33.9 Å². The van der Waals surface area contributed by atoms with E-state index in [4.69, 9.17) is 9.47 Å². The van der Waals surface area contributed by atoms with E-state index >= 15 is 0 Å². The highest BCUT2D eigenvalue weighted by Crippen LogP contribution is 2.40. The maximum atomic E-state index is 13.8. The maximum Gasteiger partial charge on any atom is 0.418 e. The van der Waals surface area contributed by atoms with E-state index in [0.717, 1.165) is 17.4 Å². The van der Waals surface area contributed by atoms with Crippen LogP contribution in [0.1, 0.15) is 36.7 Å². The van der Waals surface area contributed by atoms with Gasteiger partial charge in [0.1, 0.15) is 11.7 Å². The molecular formula is C21H27F3N4O4S. The lowest BCUT2D eigenvalue weighted by molar-refractivity contribution is -0.136. The van der Waals surface area contributed by atoms with Crippen molar-refractivity contribution in [2.24, 2.45) is 0 Å². The molecule has 0 radical (unpaired) electrons. The molecule has 182 valence electrons. The number of alkyl halides is 3. The van der Waals surface area contributed by atoms with Crippen LogP contribution in [0.4, 0.5) is 18.0 Å². The Morgan fingerprint density at radius 3 is 2.45 bits per heavy atom. The van der Waals surface area contributed by atoms with E-state index in [-0.39, 0.29) is 40.8 Å². The number of fused-ring (bicyclic) bond motifs is 1. The van der Waals surface area contributed by atoms with Gasteiger partial charge < -0.3 is 24.6 Å². The molecule has 0 aromatic carbocycles. The number of ether oxygens (including phenoxy) is 2. The van der Waals surface area contributed by atoms with Crippen molar-refractivity contribution in [1.82, 2.24) is 20.1 Å². The van der Waals surface area contributed by atoms with Crippen molar-refractivity contribution in [3.8, 4) is 5.88 Å². The lowest BCUT2D eigenvalue weighted by Gasteiger charge is -2.25. The predicted molar refractivity (Wildman–Crippen MR) is 118 cm³/mol. The molecule has 2 amide bonds. The van der Waals surface area contributed by atoms with Crippen molar-refractivity contribution in [3.05, 3.63) is 22.6 Å². The third kappa shape index (κ3) is 5.49. The van der Waals surface area contributed by atoms with Gasteiger partial charge in [0.2, 0.25) is 5.88 Å². The molecule has 1 aliphatic rings. The van der Waals surface area contributed by atoms with Gasteiger partial charge in [-0.25, -0.2) is 9.78 Å². The van der Waals surface area contributed by atoms with Crippen molar-refractivity contribution >= 4 is 33.6 Å². The van der Waals surface area contributed by atoms with E-state index < -0.39 is 35.4 Å². The minimum atomic E-state index is -4.66. The van der Waals surface area contributed by atoms with Crippen molar-refractivity contribution in [1.29, 1.82) is 0 Å². The summed E-state index contributed by atoms with van der Waals surface area (Å²) in [7, 11) is 4.97. The van der Waals surface area contributed by atoms with Crippen LogP contribution >= 0.6 is 11.3 Å². The summed E-state index contributed by atoms with van der Waals surface area (Å²) in [5.41, 5.74) is -1.65. The third-order valence-electron chi connectivity index (χ3n) is 5.10. The molecule has 2 aromatic rings. The number of carbonyl (C=O) groups excluding carboxylic acids is 2. The highest BCUT2D eigenvalue weighted by Gasteiger charge is 2.41. The fourth-order valence-electron chi connectivity index (χ4n) is 3.55. The number of rotatable bonds is 4. The zero-order valence-electron chi connectivity index (χ0n) is 19.2. The fourth-order valence-corrected chi connectivity index (χ4v) is 4.57. The lowest BCUT2D eigenvalue weighted by Crippen LogP contribution is -2.41. The molecule has 2 atom stereocenters. The van der Waals surface area contributed by atoms with Crippen LogP contribution in [0.5, 0.6) is 5.88 Å². The van der Waals surface area contributed by atoms with Gasteiger partial charge in [-0.2, -0.15) is 13.2 Å². The molecule has 1 saturated heterocycles. The van der Waals surface area contributed by atoms with Crippen LogP contribution in [-0.2, 0) is 10.9 Å². The smallest absolute Gasteiger partial charge is 0.418 e. The topological polar surface area (TPSA) is 84.0 Å². The quantitative estimate of drug-likeness (QED) is 0.708. The van der Waals surface area contributed by atoms with Crippen LogP contribution in [0.3, 0.4) is 0 Å². The third-order valence-corrected chi connectivity index (χ3v) is 6.10. The van der Waals surface area contributed by atoms with Crippen molar-refractivity contribution in [2.75, 3.05) is 34.2 Å². The minimum absolute atomic E-state index is 0.0411. The van der Waals surface area contributed by atoms with Crippen LogP contribution in [0.15, 0.2) is 11.4 Å². The molecule has 1 fully saturated rings. The molecule has 1 aliphatic heterocycles. The van der Waals surface area contributed by atoms with Crippen molar-refractivity contribution in [3.63, 3.8) is 0 Å². The van der Waals surface area contributed by atoms with E-state index in [1.54, 1.807) is 34.9 Å². The van der Waals surface area contributed by atoms with Gasteiger partial charge in [-0.15, -0.1) is 11.3 Å². The molecule has 12 heteroatoms. The van der Waals surface area contributed by atoms with E-state index in [2.05, 4.69) is 10.3 Å². The number of halogens is 3. The van der Waals surface area contributed by atoms with Crippen LogP contribution < -0.4 is 10.1 Å². The molecule has 0 aliphatic carbocycles. The van der Waals surface area contributed by atoms with Gasteiger partial charge in [-0.3, -0.25) is 4.79 Å². The van der Waals surface area contributed by atoms with E-state index in [1.807, 2.05) is 4.90 Å². The molecular weight excluding hydrogens is 461 g/mol. The molecule has 33 heavy (non-hydrogen) atoms. The molecule has 3 heterocycles. The largest absolute Gasteiger partial charge is 0.471 e. The average Bonchev–Trinajstić information content (AvgIpc) is 3.29. The molecule has 1 N–H and O–H groups in total. The van der Waals surface area contributed by atoms with Crippen LogP contribution in [0.2, 0.25) is 0 Å². The monoisotopic (exact) mass is 488 g/mol. The number of likely N-dealkylation sites (tertiary alicyclic amines) is 1. The Morgan fingerprint density at radius 2 is 1.91 bits per heavy atom. The first kappa shape index (κ1) is 25.0. The molecule has 2 aromatic heterocycles. The van der Waals surface area contributed by atoms with Gasteiger partial charge in [0.25, 0.3) is 5.91 Å². The highest BCUT2D eigenvalue weighted by molar-refractivity contribution is 7.17. The Morgan fingerprint density at radius 1 is 1.24 bits per heavy atom. The first-order chi connectivity index (χ1) is 15.2. The number of carbonyl (C=O) groups is 2. The second-order valence-corrected chi connectivity index (χ2v) is 9.86. The Balaban J connectivity index is 1.96. The lowest BCUT2D eigenvalue weighted by atomic mass is 10.1. The van der Waals surface area contributed by atoms with Crippen molar-refractivity contribution < 1.29 is 32.2 Å². The van der Waals surface area contributed by atoms with Crippen molar-refractivity contribution in [2.45, 2.75) is 44.7 Å². The summed E-state index contributed by atoms with van der Waals surface area (Å²) >= 11 is 0.801. The van der Waals surface area contributed by atoms with Gasteiger partial charge >= 0.3 is 12.3 Å². The van der Waals surface area contributed by atoms with E-state index in [9.17, 15) is 22.8 Å². The predicted octanol–water partition coefficient (Wildman–Crippen LogP) is 3.60. The molecule has 0 bridgehead atoms. The summed E-state index contributed by atoms with van der Waals surface area (Å²) in [6.45, 7) is 5.65. The number of thiophene rings is 1. The molecule has 3 rings (SSSR count). The summed E-state index contributed by atoms with van der Waals surface area (Å²) in [5.74, 6) is -0.802. The number of nitrogens with zero attached hydrogens (tertiary/aromatic N) is 3. The molecule has 0 unspecified atom stereocenters. The van der Waals surface area contributed by atoms with Crippen LogP contribution in [0, 0.1) is 0 Å². The number of aromatic nitrogens is 1. The van der Waals surface area contributed by atoms with Gasteiger partial charge in [0.15, 0.2) is 0 Å². The second-order valence-electron chi connectivity index (χ2n) is 8.98. The maximum absolute atomic E-state index is 13.8. The first-order valence-electron chi connectivity index (χ1n) is 10.2. The number of hydrogen-bond donors (Lipinski definition) is 1. The SMILES string of the molecule is CNC(=O)c1csc2c(C(F)(F)F)cc(O[C@@H]3CN(C(=O)OC(C)(C)C)C[C@H]3N(C)C)nc12. The zero-order valence-corrected chi connectivity index (χ0v) is 20.1. The molecule has 0 saturated carbocycles. The summed E-state index contributed by atoms with van der Waals surface area (Å²) in [6, 6.07) is 0.542. The second kappa shape index (κ2) is 8.98. The number of likely N-dealkylation sites (N-methyl/N-ethyl adjacent to an activating group) is 1. The van der Waals surface area contributed by atoms with Crippen LogP contribution in [0.25, 0.3) is 10.2 Å². The zero-order chi connectivity index (χ0) is 24.7. The Kier molecular flexibility index (Phi) is 6.81.